The second-order valence-electron chi connectivity index (χ2n) is 32.5. The second kappa shape index (κ2) is 76.1. The van der Waals surface area contributed by atoms with Crippen molar-refractivity contribution in [3.63, 3.8) is 0 Å². The fourth-order valence-corrected chi connectivity index (χ4v) is 13.3. The molecular formula is C96H172O22. The van der Waals surface area contributed by atoms with Gasteiger partial charge in [-0.3, -0.25) is 0 Å². The third-order valence-electron chi connectivity index (χ3n) is 22.7. The van der Waals surface area contributed by atoms with Gasteiger partial charge in [0.2, 0.25) is 23.0 Å². The summed E-state index contributed by atoms with van der Waals surface area (Å²) >= 11 is 0. The number of carboxylic acid groups (broad SMARTS) is 2. The van der Waals surface area contributed by atoms with E-state index in [4.69, 9.17) is 66.8 Å². The van der Waals surface area contributed by atoms with Crippen LogP contribution in [0, 0.1) is 53.3 Å². The Labute approximate surface area is 715 Å². The summed E-state index contributed by atoms with van der Waals surface area (Å²) in [4.78, 5) is 93.5. The van der Waals surface area contributed by atoms with Crippen LogP contribution in [0.3, 0.4) is 0 Å². The molecule has 4 heterocycles. The second-order valence-corrected chi connectivity index (χ2v) is 32.5. The Kier molecular flexibility index (Phi) is 73.6. The number of esters is 6. The van der Waals surface area contributed by atoms with Gasteiger partial charge in [0.1, 0.15) is 0 Å². The van der Waals surface area contributed by atoms with Crippen LogP contribution in [-0.2, 0) is 61.8 Å². The third kappa shape index (κ3) is 55.2. The topological polar surface area (TPSA) is 307 Å². The SMILES string of the molecule is CCCCC(CC)CO.CCCCC(CC)COC(=O)C1CCC(C(=O)O)O1.CCCCC(CC)COC(=O)C1CCC(C(=O)OCC(CC)CCCC)O1.CCCCC(CC)COC(=O)c1ccc(C(=O)O)o1.CCCCC(CC)COC(=O)c1ccc(C(=O)OCC(CC)CCCC)o1.CCCCC(CC)COCC(CC)CCCC. The van der Waals surface area contributed by atoms with Crippen LogP contribution in [0.25, 0.3) is 0 Å². The largest absolute Gasteiger partial charge is 0.479 e. The van der Waals surface area contributed by atoms with Gasteiger partial charge in [-0.05, 0) is 161 Å². The zero-order chi connectivity index (χ0) is 88.7. The van der Waals surface area contributed by atoms with Crippen molar-refractivity contribution < 1.29 is 105 Å². The summed E-state index contributed by atoms with van der Waals surface area (Å²) in [7, 11) is 0. The van der Waals surface area contributed by atoms with E-state index in [1.165, 1.54) is 94.9 Å². The third-order valence-corrected chi connectivity index (χ3v) is 22.7. The molecule has 2 aromatic heterocycles. The lowest BCUT2D eigenvalue weighted by Gasteiger charge is -2.18. The van der Waals surface area contributed by atoms with Crippen LogP contribution in [0.1, 0.15) is 424 Å². The number of unbranched alkanes of at least 4 members (excludes halogenated alkanes) is 9. The predicted molar refractivity (Wildman–Crippen MR) is 469 cm³/mol. The summed E-state index contributed by atoms with van der Waals surface area (Å²) in [6.45, 7) is 43.6. The highest BCUT2D eigenvalue weighted by Crippen LogP contribution is 2.27. The highest BCUT2D eigenvalue weighted by Gasteiger charge is 2.38. The lowest BCUT2D eigenvalue weighted by atomic mass is 9.99. The zero-order valence-electron chi connectivity index (χ0n) is 77.6. The summed E-state index contributed by atoms with van der Waals surface area (Å²) in [6.07, 6.45) is 40.3. The molecule has 3 N–H and O–H groups in total. The van der Waals surface area contributed by atoms with Crippen molar-refractivity contribution in [1.82, 2.24) is 0 Å². The molecule has 688 valence electrons. The molecule has 22 nitrogen and oxygen atoms in total. The fraction of sp³-hybridized carbons (Fsp3) is 0.833. The summed E-state index contributed by atoms with van der Waals surface area (Å²) in [5.41, 5.74) is 0. The molecule has 22 heteroatoms. The van der Waals surface area contributed by atoms with E-state index in [0.717, 1.165) is 186 Å². The molecule has 0 bridgehead atoms. The molecule has 4 rings (SSSR count). The van der Waals surface area contributed by atoms with Crippen molar-refractivity contribution >= 4 is 47.8 Å². The number of carbonyl (C=O) groups is 8. The van der Waals surface area contributed by atoms with E-state index in [1.807, 2.05) is 0 Å². The molecule has 2 fully saturated rings. The number of aliphatic hydroxyl groups is 1. The van der Waals surface area contributed by atoms with Crippen molar-refractivity contribution in [2.24, 2.45) is 53.3 Å². The number of furan rings is 2. The van der Waals surface area contributed by atoms with Crippen molar-refractivity contribution in [1.29, 1.82) is 0 Å². The minimum atomic E-state index is -1.20. The maximum absolute atomic E-state index is 12.2. The van der Waals surface area contributed by atoms with Gasteiger partial charge >= 0.3 is 47.8 Å². The van der Waals surface area contributed by atoms with Gasteiger partial charge in [-0.2, -0.15) is 0 Å². The van der Waals surface area contributed by atoms with E-state index in [2.05, 4.69) is 125 Å². The number of hydrogen-bond acceptors (Lipinski definition) is 20. The molecule has 0 saturated carbocycles. The molecule has 2 aliphatic rings. The molecular weight excluding hydrogens is 1510 g/mol. The smallest absolute Gasteiger partial charge is 0.374 e. The Morgan fingerprint density at radius 1 is 0.297 bits per heavy atom. The summed E-state index contributed by atoms with van der Waals surface area (Å²) < 4.78 is 58.9. The van der Waals surface area contributed by atoms with E-state index in [1.54, 1.807) is 0 Å². The van der Waals surface area contributed by atoms with Crippen molar-refractivity contribution in [2.75, 3.05) is 59.5 Å². The first-order valence-electron chi connectivity index (χ1n) is 47.0. The lowest BCUT2D eigenvalue weighted by Crippen LogP contribution is -2.30. The normalized spacial score (nSPS) is 17.0. The zero-order valence-corrected chi connectivity index (χ0v) is 77.6. The fourth-order valence-electron chi connectivity index (χ4n) is 13.3. The Balaban J connectivity index is 0. The Bertz CT molecular complexity index is 2670. The quantitative estimate of drug-likeness (QED) is 0.0409. The number of aromatic carboxylic acids is 1. The van der Waals surface area contributed by atoms with E-state index in [0.29, 0.717) is 113 Å². The minimum absolute atomic E-state index is 0.0466. The minimum Gasteiger partial charge on any atom is -0.479 e. The van der Waals surface area contributed by atoms with Gasteiger partial charge in [-0.1, -0.05) is 298 Å². The van der Waals surface area contributed by atoms with Gasteiger partial charge < -0.3 is 66.8 Å². The van der Waals surface area contributed by atoms with Crippen LogP contribution in [0.4, 0.5) is 0 Å². The van der Waals surface area contributed by atoms with Crippen molar-refractivity contribution in [3.05, 3.63) is 47.3 Å². The van der Waals surface area contributed by atoms with Crippen LogP contribution in [0.2, 0.25) is 0 Å². The van der Waals surface area contributed by atoms with Gasteiger partial charge in [0, 0.05) is 19.8 Å². The molecule has 2 aliphatic heterocycles. The maximum atomic E-state index is 12.2. The van der Waals surface area contributed by atoms with Gasteiger partial charge in [0.15, 0.2) is 24.4 Å². The number of carbonyl (C=O) groups excluding carboxylic acids is 6. The number of carboxylic acids is 2. The number of aliphatic hydroxyl groups excluding tert-OH is 1. The summed E-state index contributed by atoms with van der Waals surface area (Å²) in [5, 5.41) is 26.2. The van der Waals surface area contributed by atoms with Gasteiger partial charge in [0.05, 0.1) is 39.6 Å². The summed E-state index contributed by atoms with van der Waals surface area (Å²) in [5.74, 6) is -0.788. The van der Waals surface area contributed by atoms with Crippen LogP contribution in [0.5, 0.6) is 0 Å². The predicted octanol–water partition coefficient (Wildman–Crippen LogP) is 24.4. The molecule has 0 spiro atoms. The first kappa shape index (κ1) is 114. The average Bonchev–Trinajstić information content (AvgIpc) is 1.74. The number of aliphatic carboxylic acids is 1. The number of hydrogen-bond donors (Lipinski definition) is 3. The molecule has 0 radical (unpaired) electrons. The van der Waals surface area contributed by atoms with Crippen LogP contribution in [-0.4, -0.2) is 147 Å². The van der Waals surface area contributed by atoms with Gasteiger partial charge in [0.25, 0.3) is 0 Å². The van der Waals surface area contributed by atoms with Crippen molar-refractivity contribution in [2.45, 2.75) is 406 Å². The van der Waals surface area contributed by atoms with Gasteiger partial charge in [-0.15, -0.1) is 0 Å². The molecule has 0 aromatic carbocycles. The van der Waals surface area contributed by atoms with Crippen LogP contribution >= 0.6 is 0 Å². The maximum Gasteiger partial charge on any atom is 0.374 e. The highest BCUT2D eigenvalue weighted by molar-refractivity contribution is 5.91. The standard InChI is InChI=1S/C22H40O5.C22H36O5.C16H34O.C14H24O5.C14H20O5.C8H18O/c2*1-5-9-11-17(7-3)15-25-21(23)19-13-14-20(27-19)22(24)26-16-18(8-4)12-10-6-2;1-5-9-11-15(7-3)13-17-14-16(8-4)12-10-6-2;2*1-3-5-6-10(4-2)9-18-14(17)12-8-7-11(19-12)13(15)16;1-3-5-6-8(4-2)7-9/h17-20H,5-16H2,1-4H3;13-14,17-18H,5-12,15-16H2,1-4H3;15-16H,5-14H2,1-4H3;10-12H,3-9H2,1-2H3,(H,15,16);7-8,10H,3-6,9H2,1-2H3,(H,15,16);8-9H,3-7H2,1-2H3. The van der Waals surface area contributed by atoms with Gasteiger partial charge in [-0.25, -0.2) is 38.4 Å². The Morgan fingerprint density at radius 3 is 0.703 bits per heavy atom. The van der Waals surface area contributed by atoms with Crippen LogP contribution in [0.15, 0.2) is 33.1 Å². The summed E-state index contributed by atoms with van der Waals surface area (Å²) in [6, 6.07) is 5.51. The van der Waals surface area contributed by atoms with E-state index >= 15 is 0 Å². The molecule has 0 aliphatic carbocycles. The first-order chi connectivity index (χ1) is 56.9. The first-order valence-corrected chi connectivity index (χ1v) is 47.0. The number of rotatable bonds is 61. The highest BCUT2D eigenvalue weighted by atomic mass is 16.6. The van der Waals surface area contributed by atoms with Crippen molar-refractivity contribution in [3.8, 4) is 0 Å². The molecule has 2 saturated heterocycles. The average molecular weight is 1680 g/mol. The molecule has 118 heavy (non-hydrogen) atoms. The number of ether oxygens (including phenoxy) is 9. The molecule has 13 atom stereocenters. The van der Waals surface area contributed by atoms with E-state index in [9.17, 15) is 38.4 Å². The van der Waals surface area contributed by atoms with E-state index < -0.39 is 60.2 Å². The Hall–Kier alpha value is -5.84. The Morgan fingerprint density at radius 2 is 0.500 bits per heavy atom. The molecule has 13 unspecified atom stereocenters. The lowest BCUT2D eigenvalue weighted by molar-refractivity contribution is -0.167. The van der Waals surface area contributed by atoms with Crippen LogP contribution < -0.4 is 0 Å². The van der Waals surface area contributed by atoms with E-state index in [-0.39, 0.29) is 35.0 Å². The molecule has 0 amide bonds. The monoisotopic (exact) mass is 1680 g/mol. The molecule has 2 aromatic rings.